The van der Waals surface area contributed by atoms with Crippen molar-refractivity contribution >= 4 is 43.6 Å². The van der Waals surface area contributed by atoms with Crippen LogP contribution in [0.1, 0.15) is 0 Å². The molecular weight excluding hydrogens is 1010 g/mol. The number of para-hydroxylation sites is 4. The Kier molecular flexibility index (Phi) is 11.4. The molecule has 0 atom stereocenters. The summed E-state index contributed by atoms with van der Waals surface area (Å²) < 4.78 is 6.95. The van der Waals surface area contributed by atoms with Gasteiger partial charge in [0.05, 0.1) is 27.9 Å². The van der Waals surface area contributed by atoms with E-state index in [-0.39, 0.29) is 20.1 Å². The summed E-state index contributed by atoms with van der Waals surface area (Å²) in [6, 6.07) is 88.9. The van der Waals surface area contributed by atoms with Gasteiger partial charge in [0.25, 0.3) is 0 Å². The smallest absolute Gasteiger partial charge is 0.159 e. The van der Waals surface area contributed by atoms with Crippen molar-refractivity contribution in [3.8, 4) is 62.2 Å². The largest absolute Gasteiger partial charge is 0.316 e. The van der Waals surface area contributed by atoms with Crippen LogP contribution in [0.5, 0.6) is 0 Å². The van der Waals surface area contributed by atoms with Crippen molar-refractivity contribution in [1.29, 1.82) is 0 Å². The number of hydrogen-bond acceptors (Lipinski definition) is 3. The summed E-state index contributed by atoms with van der Waals surface area (Å²) in [6.07, 6.45) is 1.79. The molecule has 0 aliphatic heterocycles. The zero-order chi connectivity index (χ0) is 44.5. The summed E-state index contributed by atoms with van der Waals surface area (Å²) in [5, 5.41) is 14.3. The minimum absolute atomic E-state index is 0. The average Bonchev–Trinajstić information content (AvgIpc) is 4.11. The number of fused-ring (bicyclic) bond motifs is 6. The molecule has 4 aromatic heterocycles. The first-order valence-corrected chi connectivity index (χ1v) is 22.4. The predicted molar refractivity (Wildman–Crippen MR) is 274 cm³/mol. The van der Waals surface area contributed by atoms with Gasteiger partial charge in [-0.15, -0.1) is 76.9 Å². The minimum atomic E-state index is 0. The van der Waals surface area contributed by atoms with Crippen molar-refractivity contribution in [1.82, 2.24) is 28.9 Å². The van der Waals surface area contributed by atoms with E-state index in [2.05, 4.69) is 193 Å². The van der Waals surface area contributed by atoms with E-state index in [9.17, 15) is 0 Å². The molecule has 0 unspecified atom stereocenters. The molecule has 0 fully saturated rings. The van der Waals surface area contributed by atoms with Crippen LogP contribution < -0.4 is 0 Å². The fourth-order valence-corrected chi connectivity index (χ4v) is 9.31. The Morgan fingerprint density at radius 2 is 0.794 bits per heavy atom. The van der Waals surface area contributed by atoms with Gasteiger partial charge in [0, 0.05) is 70.5 Å². The summed E-state index contributed by atoms with van der Waals surface area (Å²) in [5.74, 6) is 1.52. The first kappa shape index (κ1) is 42.2. The predicted octanol–water partition coefficient (Wildman–Crippen LogP) is 14.8. The maximum atomic E-state index is 4.69. The third kappa shape index (κ3) is 7.70. The number of aromatic nitrogens is 6. The van der Waals surface area contributed by atoms with E-state index < -0.39 is 0 Å². The third-order valence-corrected chi connectivity index (χ3v) is 12.3. The molecule has 13 rings (SSSR count). The molecule has 7 heteroatoms. The standard InChI is InChI=1S/C50H32N5.C11H8N.Ir/c1-3-15-35(16-4-1)49-51-52-50(36-17-5-2-6-18-36)55(49)38-29-27-34(28-30-38)37-31-39(53-45-23-11-7-19-41(45)42-20-8-12-24-46(42)53)33-40(32-37)54-47-25-13-9-21-43(47)44-22-10-14-26-48(44)54;1-2-6-10(7-3-1)11-8-4-5-9-12-11;/h1-17,19-33H;1-6,8-9H;/q2*-1;. The first-order valence-electron chi connectivity index (χ1n) is 22.4. The Morgan fingerprint density at radius 1 is 0.324 bits per heavy atom. The summed E-state index contributed by atoms with van der Waals surface area (Å²) in [4.78, 5) is 4.22. The number of rotatable bonds is 7. The van der Waals surface area contributed by atoms with Crippen molar-refractivity contribution in [3.63, 3.8) is 0 Å². The molecule has 0 aliphatic carbocycles. The van der Waals surface area contributed by atoms with E-state index in [1.165, 1.54) is 43.6 Å². The van der Waals surface area contributed by atoms with Crippen LogP contribution in [0.25, 0.3) is 106 Å². The molecule has 0 N–H and O–H groups in total. The Labute approximate surface area is 407 Å². The van der Waals surface area contributed by atoms with Crippen molar-refractivity contribution in [3.05, 3.63) is 255 Å². The van der Waals surface area contributed by atoms with Gasteiger partial charge in [-0.05, 0) is 77.5 Å². The van der Waals surface area contributed by atoms with Gasteiger partial charge < -0.3 is 18.7 Å². The fraction of sp³-hybridized carbons (Fsp3) is 0. The van der Waals surface area contributed by atoms with E-state index in [1.807, 2.05) is 84.9 Å². The summed E-state index contributed by atoms with van der Waals surface area (Å²) >= 11 is 0. The molecule has 1 radical (unpaired) electrons. The second-order valence-corrected chi connectivity index (χ2v) is 16.3. The zero-order valence-corrected chi connectivity index (χ0v) is 39.0. The van der Waals surface area contributed by atoms with Gasteiger partial charge in [-0.2, -0.15) is 5.10 Å². The Hall–Kier alpha value is -8.48. The van der Waals surface area contributed by atoms with E-state index >= 15 is 0 Å². The van der Waals surface area contributed by atoms with Crippen LogP contribution >= 0.6 is 0 Å². The van der Waals surface area contributed by atoms with Crippen molar-refractivity contribution in [2.75, 3.05) is 0 Å². The molecule has 325 valence electrons. The molecular formula is C61H40IrN6-2. The van der Waals surface area contributed by atoms with E-state index in [0.717, 1.165) is 62.2 Å². The van der Waals surface area contributed by atoms with Crippen LogP contribution in [-0.2, 0) is 20.1 Å². The van der Waals surface area contributed by atoms with Gasteiger partial charge in [-0.3, -0.25) is 0 Å². The quantitative estimate of drug-likeness (QED) is 0.149. The minimum Gasteiger partial charge on any atom is -0.316 e. The van der Waals surface area contributed by atoms with Crippen LogP contribution in [-0.4, -0.2) is 28.9 Å². The number of benzene rings is 9. The van der Waals surface area contributed by atoms with Crippen LogP contribution in [0.4, 0.5) is 0 Å². The molecule has 0 aliphatic rings. The van der Waals surface area contributed by atoms with Crippen LogP contribution in [0.15, 0.2) is 243 Å². The SMILES string of the molecule is [Ir].[c-]1ccccc1-c1ccccn1.[c-]1ccccc1-c1nnc(-c2ccccc2)n1-c1ccc(-c2cc(-n3c4ccccc4c4ccccc43)cc(-n3c4ccccc4c4ccccc43)c2)cc1. The van der Waals surface area contributed by atoms with Gasteiger partial charge in [0.1, 0.15) is 0 Å². The second kappa shape index (κ2) is 18.4. The molecule has 4 heterocycles. The van der Waals surface area contributed by atoms with Gasteiger partial charge in [0.2, 0.25) is 0 Å². The summed E-state index contributed by atoms with van der Waals surface area (Å²) in [5.41, 5.74) is 14.0. The molecule has 0 saturated heterocycles. The van der Waals surface area contributed by atoms with Crippen LogP contribution in [0.3, 0.4) is 0 Å². The average molecular weight is 1050 g/mol. The van der Waals surface area contributed by atoms with Crippen molar-refractivity contribution < 1.29 is 20.1 Å². The summed E-state index contributed by atoms with van der Waals surface area (Å²) in [7, 11) is 0. The molecule has 0 bridgehead atoms. The van der Waals surface area contributed by atoms with Gasteiger partial charge in [-0.1, -0.05) is 127 Å². The molecule has 68 heavy (non-hydrogen) atoms. The van der Waals surface area contributed by atoms with E-state index in [0.29, 0.717) is 0 Å². The molecule has 0 saturated carbocycles. The zero-order valence-electron chi connectivity index (χ0n) is 36.6. The van der Waals surface area contributed by atoms with Crippen LogP contribution in [0, 0.1) is 12.1 Å². The maximum Gasteiger partial charge on any atom is 0.159 e. The first-order chi connectivity index (χ1) is 33.3. The van der Waals surface area contributed by atoms with Gasteiger partial charge in [0.15, 0.2) is 5.82 Å². The number of hydrogen-bond donors (Lipinski definition) is 0. The monoisotopic (exact) mass is 1050 g/mol. The van der Waals surface area contributed by atoms with E-state index in [4.69, 9.17) is 0 Å². The maximum absolute atomic E-state index is 4.69. The summed E-state index contributed by atoms with van der Waals surface area (Å²) in [6.45, 7) is 0. The number of nitrogens with zero attached hydrogens (tertiary/aromatic N) is 6. The van der Waals surface area contributed by atoms with Crippen LogP contribution in [0.2, 0.25) is 0 Å². The molecule has 0 spiro atoms. The molecule has 9 aromatic carbocycles. The van der Waals surface area contributed by atoms with Crippen molar-refractivity contribution in [2.45, 2.75) is 0 Å². The topological polar surface area (TPSA) is 53.5 Å². The van der Waals surface area contributed by atoms with Gasteiger partial charge >= 0.3 is 0 Å². The normalized spacial score (nSPS) is 11.1. The third-order valence-electron chi connectivity index (χ3n) is 12.3. The van der Waals surface area contributed by atoms with Gasteiger partial charge in [-0.25, -0.2) is 0 Å². The second-order valence-electron chi connectivity index (χ2n) is 16.3. The Morgan fingerprint density at radius 3 is 1.29 bits per heavy atom. The molecule has 6 nitrogen and oxygen atoms in total. The van der Waals surface area contributed by atoms with Crippen molar-refractivity contribution in [2.24, 2.45) is 0 Å². The molecule has 13 aromatic rings. The Bertz CT molecular complexity index is 3510. The van der Waals surface area contributed by atoms with E-state index in [1.54, 1.807) is 6.20 Å². The number of pyridine rings is 1. The molecule has 0 amide bonds. The fourth-order valence-electron chi connectivity index (χ4n) is 9.31. The Balaban J connectivity index is 0.000000340.